The van der Waals surface area contributed by atoms with Gasteiger partial charge < -0.3 is 9.63 Å². The first-order valence-electron chi connectivity index (χ1n) is 4.65. The van der Waals surface area contributed by atoms with Crippen LogP contribution in [0.3, 0.4) is 0 Å². The predicted molar refractivity (Wildman–Crippen MR) is 55.9 cm³/mol. The van der Waals surface area contributed by atoms with E-state index >= 15 is 0 Å². The zero-order valence-corrected chi connectivity index (χ0v) is 10.5. The minimum atomic E-state index is -4.20. The summed E-state index contributed by atoms with van der Waals surface area (Å²) in [7, 11) is -4.20. The van der Waals surface area contributed by atoms with Crippen LogP contribution in [0.25, 0.3) is 0 Å². The van der Waals surface area contributed by atoms with Crippen molar-refractivity contribution in [1.82, 2.24) is 5.48 Å². The predicted octanol–water partition coefficient (Wildman–Crippen LogP) is 1.17. The van der Waals surface area contributed by atoms with Crippen molar-refractivity contribution in [3.63, 3.8) is 0 Å². The second-order valence-corrected chi connectivity index (χ2v) is 5.60. The number of hydrogen-bond donors (Lipinski definition) is 2. The fraction of sp³-hybridized carbons (Fsp3) is 0.875. The third-order valence-corrected chi connectivity index (χ3v) is 2.05. The molecule has 0 amide bonds. The molecule has 0 spiro atoms. The monoisotopic (exact) mass is 252 g/mol. The summed E-state index contributed by atoms with van der Waals surface area (Å²) in [5.41, 5.74) is 1.61. The lowest BCUT2D eigenvalue weighted by molar-refractivity contribution is 0.0371. The molecule has 0 aliphatic rings. The molecule has 2 N–H and O–H groups in total. The van der Waals surface area contributed by atoms with Gasteiger partial charge in [-0.3, -0.25) is 4.52 Å². The SMILES string of the molecule is CC(C)(C)COCCOP(=O)(O)ONC#N. The molecule has 94 valence electrons. The van der Waals surface area contributed by atoms with Gasteiger partial charge in [-0.25, -0.2) is 4.57 Å². The van der Waals surface area contributed by atoms with Gasteiger partial charge in [0.05, 0.1) is 19.8 Å². The molecule has 1 unspecified atom stereocenters. The molecule has 0 rings (SSSR count). The van der Waals surface area contributed by atoms with Gasteiger partial charge in [-0.05, 0) is 5.41 Å². The number of rotatable bonds is 7. The van der Waals surface area contributed by atoms with Crippen molar-refractivity contribution in [3.8, 4) is 6.19 Å². The smallest absolute Gasteiger partial charge is 0.378 e. The number of phosphoric ester groups is 1. The lowest BCUT2D eigenvalue weighted by Gasteiger charge is -2.18. The third-order valence-electron chi connectivity index (χ3n) is 1.22. The van der Waals surface area contributed by atoms with Crippen LogP contribution in [0.5, 0.6) is 0 Å². The summed E-state index contributed by atoms with van der Waals surface area (Å²) in [6.45, 7) is 6.62. The molecule has 0 bridgehead atoms. The van der Waals surface area contributed by atoms with Gasteiger partial charge in [0.25, 0.3) is 0 Å². The molecule has 0 saturated heterocycles. The summed E-state index contributed by atoms with van der Waals surface area (Å²) < 4.78 is 24.7. The lowest BCUT2D eigenvalue weighted by Crippen LogP contribution is -2.17. The highest BCUT2D eigenvalue weighted by molar-refractivity contribution is 7.47. The average Bonchev–Trinajstić information content (AvgIpc) is 2.12. The molecule has 0 aromatic heterocycles. The van der Waals surface area contributed by atoms with Gasteiger partial charge in [0.2, 0.25) is 6.19 Å². The van der Waals surface area contributed by atoms with Crippen molar-refractivity contribution in [2.45, 2.75) is 20.8 Å². The molecule has 0 fully saturated rings. The van der Waals surface area contributed by atoms with Gasteiger partial charge in [0.1, 0.15) is 0 Å². The molecule has 16 heavy (non-hydrogen) atoms. The minimum Gasteiger partial charge on any atom is -0.378 e. The second kappa shape index (κ2) is 6.84. The lowest BCUT2D eigenvalue weighted by atomic mass is 9.99. The third kappa shape index (κ3) is 9.90. The Morgan fingerprint density at radius 3 is 2.56 bits per heavy atom. The number of hydroxylamine groups is 1. The van der Waals surface area contributed by atoms with Gasteiger partial charge in [-0.15, -0.1) is 0 Å². The Morgan fingerprint density at radius 1 is 1.44 bits per heavy atom. The largest absolute Gasteiger partial charge is 0.494 e. The molecule has 0 aliphatic heterocycles. The highest BCUT2D eigenvalue weighted by atomic mass is 31.2. The van der Waals surface area contributed by atoms with Crippen LogP contribution >= 0.6 is 7.82 Å². The summed E-state index contributed by atoms with van der Waals surface area (Å²) in [5.74, 6) is 0. The molecule has 0 aliphatic carbocycles. The Hall–Kier alpha value is -0.640. The Kier molecular flexibility index (Phi) is 6.56. The maximum Gasteiger partial charge on any atom is 0.494 e. The van der Waals surface area contributed by atoms with Crippen LogP contribution in [0.2, 0.25) is 0 Å². The standard InChI is InChI=1S/C8H17N2O5P/c1-8(2,3)6-13-4-5-14-16(11,12)15-10-7-9/h10H,4-6H2,1-3H3,(H,11,12). The van der Waals surface area contributed by atoms with Crippen LogP contribution in [0.15, 0.2) is 0 Å². The van der Waals surface area contributed by atoms with E-state index in [1.165, 1.54) is 6.19 Å². The Bertz CT molecular complexity index is 283. The maximum atomic E-state index is 11.0. The molecule has 8 heteroatoms. The van der Waals surface area contributed by atoms with Gasteiger partial charge in [-0.2, -0.15) is 15.4 Å². The zero-order valence-electron chi connectivity index (χ0n) is 9.60. The van der Waals surface area contributed by atoms with Gasteiger partial charge >= 0.3 is 7.82 Å². The van der Waals surface area contributed by atoms with E-state index in [2.05, 4.69) is 9.15 Å². The van der Waals surface area contributed by atoms with E-state index < -0.39 is 7.82 Å². The van der Waals surface area contributed by atoms with E-state index in [-0.39, 0.29) is 18.6 Å². The number of nitrogens with zero attached hydrogens (tertiary/aromatic N) is 1. The first kappa shape index (κ1) is 15.4. The number of nitrogens with one attached hydrogen (secondary N) is 1. The first-order chi connectivity index (χ1) is 7.27. The number of ether oxygens (including phenoxy) is 1. The van der Waals surface area contributed by atoms with Gasteiger partial charge in [0, 0.05) is 0 Å². The highest BCUT2D eigenvalue weighted by Gasteiger charge is 2.21. The summed E-state index contributed by atoms with van der Waals surface area (Å²) in [6.07, 6.45) is 1.33. The maximum absolute atomic E-state index is 11.0. The highest BCUT2D eigenvalue weighted by Crippen LogP contribution is 2.41. The van der Waals surface area contributed by atoms with E-state index in [1.54, 1.807) is 5.48 Å². The quantitative estimate of drug-likeness (QED) is 0.230. The van der Waals surface area contributed by atoms with E-state index in [0.29, 0.717) is 6.61 Å². The number of phosphoric acid groups is 1. The topological polar surface area (TPSA) is 101 Å². The number of nitriles is 1. The van der Waals surface area contributed by atoms with Crippen molar-refractivity contribution in [2.75, 3.05) is 19.8 Å². The van der Waals surface area contributed by atoms with Crippen LogP contribution in [0.1, 0.15) is 20.8 Å². The van der Waals surface area contributed by atoms with E-state index in [1.807, 2.05) is 20.8 Å². The molecular weight excluding hydrogens is 235 g/mol. The first-order valence-corrected chi connectivity index (χ1v) is 6.14. The fourth-order valence-corrected chi connectivity index (χ4v) is 1.21. The van der Waals surface area contributed by atoms with Crippen molar-refractivity contribution in [3.05, 3.63) is 0 Å². The van der Waals surface area contributed by atoms with Gasteiger partial charge in [-0.1, -0.05) is 20.8 Å². The fourth-order valence-electron chi connectivity index (χ4n) is 0.694. The average molecular weight is 252 g/mol. The Balaban J connectivity index is 3.59. The molecular formula is C8H17N2O5P. The molecule has 1 atom stereocenters. The number of hydrogen-bond acceptors (Lipinski definition) is 6. The molecule has 0 aromatic carbocycles. The van der Waals surface area contributed by atoms with Crippen LogP contribution in [-0.2, 0) is 18.5 Å². The van der Waals surface area contributed by atoms with Gasteiger partial charge in [0.15, 0.2) is 0 Å². The van der Waals surface area contributed by atoms with Crippen molar-refractivity contribution in [2.24, 2.45) is 5.41 Å². The summed E-state index contributed by atoms with van der Waals surface area (Å²) in [4.78, 5) is 8.95. The van der Waals surface area contributed by atoms with Crippen LogP contribution < -0.4 is 5.48 Å². The van der Waals surface area contributed by atoms with Crippen molar-refractivity contribution in [1.29, 1.82) is 5.26 Å². The van der Waals surface area contributed by atoms with Crippen LogP contribution in [0, 0.1) is 16.9 Å². The minimum absolute atomic E-state index is 0.0295. The molecule has 0 heterocycles. The second-order valence-electron chi connectivity index (χ2n) is 4.22. The van der Waals surface area contributed by atoms with E-state index in [9.17, 15) is 4.57 Å². The molecule has 7 nitrogen and oxygen atoms in total. The summed E-state index contributed by atoms with van der Waals surface area (Å²) in [6, 6.07) is 0. The van der Waals surface area contributed by atoms with Crippen molar-refractivity contribution >= 4 is 7.82 Å². The van der Waals surface area contributed by atoms with E-state index in [0.717, 1.165) is 0 Å². The van der Waals surface area contributed by atoms with Crippen LogP contribution in [-0.4, -0.2) is 24.7 Å². The van der Waals surface area contributed by atoms with E-state index in [4.69, 9.17) is 14.9 Å². The zero-order chi connectivity index (χ0) is 12.7. The summed E-state index contributed by atoms with van der Waals surface area (Å²) >= 11 is 0. The Morgan fingerprint density at radius 2 is 2.06 bits per heavy atom. The molecule has 0 aromatic rings. The summed E-state index contributed by atoms with van der Waals surface area (Å²) in [5, 5.41) is 8.03. The van der Waals surface area contributed by atoms with Crippen LogP contribution in [0.4, 0.5) is 0 Å². The van der Waals surface area contributed by atoms with Crippen molar-refractivity contribution < 1.29 is 23.3 Å². The Labute approximate surface area is 94.9 Å². The normalized spacial score (nSPS) is 15.2. The molecule has 0 saturated carbocycles. The molecule has 0 radical (unpaired) electrons.